The molecule has 0 fully saturated rings. The molecule has 0 aromatic carbocycles. The summed E-state index contributed by atoms with van der Waals surface area (Å²) in [7, 11) is 0. The molecule has 0 rings (SSSR count). The van der Waals surface area contributed by atoms with Crippen LogP contribution in [0.1, 0.15) is 39.5 Å². The molecule has 1 atom stereocenters. The molecule has 0 aromatic heterocycles. The van der Waals surface area contributed by atoms with E-state index in [4.69, 9.17) is 0 Å². The second-order valence-electron chi connectivity index (χ2n) is 2.65. The van der Waals surface area contributed by atoms with E-state index >= 15 is 0 Å². The van der Waals surface area contributed by atoms with Crippen LogP contribution in [0, 0.1) is 5.92 Å². The molecule has 0 aromatic rings. The van der Waals surface area contributed by atoms with Crippen LogP contribution in [0.5, 0.6) is 0 Å². The summed E-state index contributed by atoms with van der Waals surface area (Å²) >= 11 is 1.22. The van der Waals surface area contributed by atoms with Crippen molar-refractivity contribution in [1.82, 2.24) is 0 Å². The first-order valence-corrected chi connectivity index (χ1v) is 7.22. The second-order valence-corrected chi connectivity index (χ2v) is 4.48. The van der Waals surface area contributed by atoms with Crippen molar-refractivity contribution in [2.24, 2.45) is 5.92 Å². The Morgan fingerprint density at radius 1 is 1.33 bits per heavy atom. The van der Waals surface area contributed by atoms with Gasteiger partial charge in [0.05, 0.1) is 0 Å². The molecule has 0 bridgehead atoms. The second kappa shape index (κ2) is 7.03. The van der Waals surface area contributed by atoms with Crippen molar-refractivity contribution in [2.75, 3.05) is 0 Å². The summed E-state index contributed by atoms with van der Waals surface area (Å²) in [5.41, 5.74) is 0. The molecule has 0 aliphatic carbocycles. The maximum atomic E-state index is 2.32. The number of rotatable bonds is 5. The summed E-state index contributed by atoms with van der Waals surface area (Å²) in [6.07, 6.45) is 5.73. The van der Waals surface area contributed by atoms with Gasteiger partial charge in [-0.1, -0.05) is 0 Å². The zero-order valence-electron chi connectivity index (χ0n) is 6.69. The Kier molecular flexibility index (Phi) is 7.75. The minimum atomic E-state index is 1.08. The molecule has 0 heterocycles. The average Bonchev–Trinajstić information content (AvgIpc) is 1.91. The van der Waals surface area contributed by atoms with Crippen molar-refractivity contribution in [2.45, 2.75) is 43.5 Å². The molecular weight excluding hydrogens is 303 g/mol. The normalized spacial score (nSPS) is 13.7. The van der Waals surface area contributed by atoms with Crippen molar-refractivity contribution in [3.05, 3.63) is 0 Å². The van der Waals surface area contributed by atoms with Crippen LogP contribution < -0.4 is 0 Å². The Morgan fingerprint density at radius 3 is 2.33 bits per heavy atom. The first-order chi connectivity index (χ1) is 4.35. The van der Waals surface area contributed by atoms with Gasteiger partial charge in [-0.05, 0) is 0 Å². The van der Waals surface area contributed by atoms with Gasteiger partial charge in [-0.2, -0.15) is 0 Å². The van der Waals surface area contributed by atoms with Crippen LogP contribution in [-0.4, -0.2) is 25.8 Å². The maximum absolute atomic E-state index is 2.32. The molecule has 0 saturated carbocycles. The van der Waals surface area contributed by atoms with Crippen LogP contribution in [0.15, 0.2) is 0 Å². The van der Waals surface area contributed by atoms with Crippen molar-refractivity contribution >= 4 is 25.8 Å². The van der Waals surface area contributed by atoms with Crippen LogP contribution in [0.25, 0.3) is 0 Å². The quantitative estimate of drug-likeness (QED) is 0.683. The molecule has 0 nitrogen and oxygen atoms in total. The van der Waals surface area contributed by atoms with Gasteiger partial charge in [-0.3, -0.25) is 0 Å². The van der Waals surface area contributed by atoms with Crippen molar-refractivity contribution in [3.8, 4) is 0 Å². The first-order valence-electron chi connectivity index (χ1n) is 4.05. The molecule has 1 heteroatoms. The van der Waals surface area contributed by atoms with Gasteiger partial charge in [0.1, 0.15) is 0 Å². The van der Waals surface area contributed by atoms with Crippen LogP contribution in [0.2, 0.25) is 3.98 Å². The SMILES string of the molecule is CCCCC(CC)[CH2][PbH]. The van der Waals surface area contributed by atoms with E-state index in [2.05, 4.69) is 13.8 Å². The van der Waals surface area contributed by atoms with Crippen molar-refractivity contribution < 1.29 is 0 Å². The summed E-state index contributed by atoms with van der Waals surface area (Å²) in [6, 6.07) is 0. The van der Waals surface area contributed by atoms with Crippen LogP contribution in [0.3, 0.4) is 0 Å². The molecule has 2 radical (unpaired) electrons. The standard InChI is InChI=1S/C8H17.Pb.H/c1-4-6-7-8(3)5-2;;/h8H,3-7H2,1-2H3;;. The van der Waals surface area contributed by atoms with E-state index in [0.717, 1.165) is 5.92 Å². The van der Waals surface area contributed by atoms with E-state index in [1.165, 1.54) is 55.4 Å². The molecule has 1 unspecified atom stereocenters. The molecule has 0 spiro atoms. The molecule has 0 amide bonds. The summed E-state index contributed by atoms with van der Waals surface area (Å²) < 4.78 is 1.54. The Hall–Kier alpha value is 0.922. The Labute approximate surface area is 75.1 Å². The van der Waals surface area contributed by atoms with E-state index < -0.39 is 0 Å². The van der Waals surface area contributed by atoms with Gasteiger partial charge in [0.2, 0.25) is 0 Å². The molecule has 0 saturated heterocycles. The third kappa shape index (κ3) is 5.37. The molecule has 0 aliphatic heterocycles. The summed E-state index contributed by atoms with van der Waals surface area (Å²) in [6.45, 7) is 4.60. The molecule has 0 N–H and O–H groups in total. The topological polar surface area (TPSA) is 0 Å². The van der Waals surface area contributed by atoms with Gasteiger partial charge in [0.25, 0.3) is 0 Å². The van der Waals surface area contributed by atoms with Crippen LogP contribution in [0.4, 0.5) is 0 Å². The van der Waals surface area contributed by atoms with Crippen LogP contribution >= 0.6 is 0 Å². The van der Waals surface area contributed by atoms with Crippen molar-refractivity contribution in [3.63, 3.8) is 0 Å². The monoisotopic (exact) mass is 322 g/mol. The Morgan fingerprint density at radius 2 is 2.00 bits per heavy atom. The van der Waals surface area contributed by atoms with Gasteiger partial charge in [-0.25, -0.2) is 0 Å². The number of hydrogen-bond donors (Lipinski definition) is 0. The summed E-state index contributed by atoms with van der Waals surface area (Å²) in [4.78, 5) is 0. The van der Waals surface area contributed by atoms with E-state index in [1.54, 1.807) is 0 Å². The third-order valence-electron chi connectivity index (χ3n) is 1.88. The van der Waals surface area contributed by atoms with E-state index in [9.17, 15) is 0 Å². The van der Waals surface area contributed by atoms with E-state index in [0.29, 0.717) is 0 Å². The molecule has 9 heavy (non-hydrogen) atoms. The molecule has 0 aliphatic rings. The van der Waals surface area contributed by atoms with Gasteiger partial charge >= 0.3 is 75.2 Å². The Balaban J connectivity index is 3.09. The number of hydrogen-bond acceptors (Lipinski definition) is 0. The van der Waals surface area contributed by atoms with Gasteiger partial charge in [0, 0.05) is 0 Å². The average molecular weight is 321 g/mol. The third-order valence-corrected chi connectivity index (χ3v) is 4.47. The van der Waals surface area contributed by atoms with E-state index in [-0.39, 0.29) is 0 Å². The molecular formula is C8H18Pb. The van der Waals surface area contributed by atoms with Crippen molar-refractivity contribution in [1.29, 1.82) is 0 Å². The Bertz CT molecular complexity index is 48.5. The van der Waals surface area contributed by atoms with Gasteiger partial charge < -0.3 is 0 Å². The summed E-state index contributed by atoms with van der Waals surface area (Å²) in [5.74, 6) is 1.08. The fourth-order valence-corrected chi connectivity index (χ4v) is 3.19. The predicted molar refractivity (Wildman–Crippen MR) is 45.3 cm³/mol. The zero-order chi connectivity index (χ0) is 7.11. The van der Waals surface area contributed by atoms with Crippen LogP contribution in [-0.2, 0) is 0 Å². The van der Waals surface area contributed by atoms with Gasteiger partial charge in [0.15, 0.2) is 0 Å². The first kappa shape index (κ1) is 9.92. The van der Waals surface area contributed by atoms with E-state index in [1.807, 2.05) is 0 Å². The predicted octanol–water partition coefficient (Wildman–Crippen LogP) is 2.52. The molecule has 54 valence electrons. The zero-order valence-corrected chi connectivity index (χ0v) is 11.2. The van der Waals surface area contributed by atoms with Gasteiger partial charge in [-0.15, -0.1) is 0 Å². The summed E-state index contributed by atoms with van der Waals surface area (Å²) in [5, 5.41) is 0. The fraction of sp³-hybridized carbons (Fsp3) is 1.00. The minimum absolute atomic E-state index is 1.08. The number of unbranched alkanes of at least 4 members (excludes halogenated alkanes) is 1. The fourth-order valence-electron chi connectivity index (χ4n) is 0.981.